The van der Waals surface area contributed by atoms with Crippen LogP contribution in [0.25, 0.3) is 0 Å². The molecule has 3 atom stereocenters. The zero-order valence-electron chi connectivity index (χ0n) is 16.3. The second-order valence-electron chi connectivity index (χ2n) is 7.55. The van der Waals surface area contributed by atoms with Gasteiger partial charge in [0.1, 0.15) is 0 Å². The first-order valence-electron chi connectivity index (χ1n) is 9.56. The van der Waals surface area contributed by atoms with Gasteiger partial charge < -0.3 is 15.4 Å². The Bertz CT molecular complexity index is 572. The summed E-state index contributed by atoms with van der Waals surface area (Å²) in [5.41, 5.74) is 2.13. The second kappa shape index (κ2) is 11.9. The van der Waals surface area contributed by atoms with E-state index in [0.29, 0.717) is 12.3 Å². The highest BCUT2D eigenvalue weighted by Crippen LogP contribution is 2.21. The van der Waals surface area contributed by atoms with Gasteiger partial charge in [-0.2, -0.15) is 0 Å². The van der Waals surface area contributed by atoms with E-state index < -0.39 is 0 Å². The number of carbonyl (C=O) groups is 1. The van der Waals surface area contributed by atoms with Gasteiger partial charge in [-0.25, -0.2) is 0 Å². The molecule has 3 rings (SSSR count). The van der Waals surface area contributed by atoms with Crippen molar-refractivity contribution in [2.75, 3.05) is 31.5 Å². The monoisotopic (exact) mass is 417 g/mol. The van der Waals surface area contributed by atoms with Crippen LogP contribution >= 0.6 is 24.8 Å². The third kappa shape index (κ3) is 7.59. The number of anilines is 1. The molecule has 2 aliphatic rings. The molecule has 2 aliphatic heterocycles. The summed E-state index contributed by atoms with van der Waals surface area (Å²) in [4.78, 5) is 14.8. The lowest BCUT2D eigenvalue weighted by Gasteiger charge is -2.35. The fourth-order valence-electron chi connectivity index (χ4n) is 3.94. The largest absolute Gasteiger partial charge is 0.373 e. The topological polar surface area (TPSA) is 53.6 Å². The SMILES string of the molecule is CC1CN(Cc2ccccc2NC(=O)CCC2CCNC2)CC(C)O1.Cl.Cl. The number of para-hydroxylation sites is 1. The minimum absolute atomic E-state index is 0. The van der Waals surface area contributed by atoms with Crippen LogP contribution in [0.3, 0.4) is 0 Å². The molecule has 0 saturated carbocycles. The van der Waals surface area contributed by atoms with E-state index in [1.54, 1.807) is 0 Å². The average molecular weight is 418 g/mol. The summed E-state index contributed by atoms with van der Waals surface area (Å²) >= 11 is 0. The number of hydrogen-bond donors (Lipinski definition) is 2. The number of hydrogen-bond acceptors (Lipinski definition) is 4. The Morgan fingerprint density at radius 2 is 1.93 bits per heavy atom. The molecule has 2 fully saturated rings. The van der Waals surface area contributed by atoms with Gasteiger partial charge in [0.15, 0.2) is 0 Å². The van der Waals surface area contributed by atoms with Crippen molar-refractivity contribution in [3.05, 3.63) is 29.8 Å². The molecule has 0 aromatic heterocycles. The Kier molecular flexibility index (Phi) is 10.6. The van der Waals surface area contributed by atoms with Crippen molar-refractivity contribution in [1.29, 1.82) is 0 Å². The van der Waals surface area contributed by atoms with E-state index in [-0.39, 0.29) is 42.9 Å². The van der Waals surface area contributed by atoms with Gasteiger partial charge in [0.25, 0.3) is 0 Å². The molecule has 2 heterocycles. The highest BCUT2D eigenvalue weighted by molar-refractivity contribution is 5.91. The third-order valence-corrected chi connectivity index (χ3v) is 5.12. The zero-order valence-corrected chi connectivity index (χ0v) is 17.9. The zero-order chi connectivity index (χ0) is 17.6. The van der Waals surface area contributed by atoms with Gasteiger partial charge in [-0.05, 0) is 57.3 Å². The summed E-state index contributed by atoms with van der Waals surface area (Å²) in [7, 11) is 0. The van der Waals surface area contributed by atoms with Crippen molar-refractivity contribution in [1.82, 2.24) is 10.2 Å². The van der Waals surface area contributed by atoms with Crippen molar-refractivity contribution in [2.24, 2.45) is 5.92 Å². The molecule has 27 heavy (non-hydrogen) atoms. The Morgan fingerprint density at radius 1 is 1.22 bits per heavy atom. The first kappa shape index (κ1) is 24.2. The summed E-state index contributed by atoms with van der Waals surface area (Å²) < 4.78 is 5.81. The fourth-order valence-corrected chi connectivity index (χ4v) is 3.94. The minimum atomic E-state index is 0. The summed E-state index contributed by atoms with van der Waals surface area (Å²) in [5.74, 6) is 0.778. The average Bonchev–Trinajstić information content (AvgIpc) is 3.07. The molecular weight excluding hydrogens is 385 g/mol. The maximum atomic E-state index is 12.4. The van der Waals surface area contributed by atoms with Gasteiger partial charge in [-0.3, -0.25) is 9.69 Å². The molecule has 0 aliphatic carbocycles. The van der Waals surface area contributed by atoms with Crippen molar-refractivity contribution >= 4 is 36.4 Å². The summed E-state index contributed by atoms with van der Waals surface area (Å²) in [6, 6.07) is 8.16. The molecule has 154 valence electrons. The number of carbonyl (C=O) groups excluding carboxylic acids is 1. The number of nitrogens with one attached hydrogen (secondary N) is 2. The molecule has 1 amide bonds. The fraction of sp³-hybridized carbons (Fsp3) is 0.650. The standard InChI is InChI=1S/C20H31N3O2.2ClH/c1-15-12-23(13-16(2)25-15)14-18-5-3-4-6-19(18)22-20(24)8-7-17-9-10-21-11-17;;/h3-6,15-17,21H,7-14H2,1-2H3,(H,22,24);2*1H. The van der Waals surface area contributed by atoms with Crippen LogP contribution in [0, 0.1) is 5.92 Å². The second-order valence-corrected chi connectivity index (χ2v) is 7.55. The van der Waals surface area contributed by atoms with E-state index in [1.807, 2.05) is 18.2 Å². The number of ether oxygens (including phenoxy) is 1. The minimum Gasteiger partial charge on any atom is -0.373 e. The van der Waals surface area contributed by atoms with Crippen LogP contribution < -0.4 is 10.6 Å². The van der Waals surface area contributed by atoms with E-state index in [4.69, 9.17) is 4.74 Å². The van der Waals surface area contributed by atoms with E-state index in [0.717, 1.165) is 44.8 Å². The van der Waals surface area contributed by atoms with Crippen molar-refractivity contribution in [2.45, 2.75) is 51.9 Å². The lowest BCUT2D eigenvalue weighted by atomic mass is 10.0. The van der Waals surface area contributed by atoms with Crippen molar-refractivity contribution in [3.8, 4) is 0 Å². The van der Waals surface area contributed by atoms with Gasteiger partial charge in [-0.15, -0.1) is 24.8 Å². The quantitative estimate of drug-likeness (QED) is 0.743. The molecule has 2 N–H and O–H groups in total. The summed E-state index contributed by atoms with van der Waals surface area (Å²) in [6.45, 7) is 9.09. The third-order valence-electron chi connectivity index (χ3n) is 5.12. The van der Waals surface area contributed by atoms with Crippen LogP contribution in [0.15, 0.2) is 24.3 Å². The van der Waals surface area contributed by atoms with Crippen molar-refractivity contribution in [3.63, 3.8) is 0 Å². The molecule has 0 spiro atoms. The molecule has 1 aromatic carbocycles. The van der Waals surface area contributed by atoms with Crippen LogP contribution in [0.4, 0.5) is 5.69 Å². The van der Waals surface area contributed by atoms with E-state index in [2.05, 4.69) is 35.4 Å². The van der Waals surface area contributed by atoms with Gasteiger partial charge in [0, 0.05) is 31.7 Å². The Hall–Kier alpha value is -0.850. The van der Waals surface area contributed by atoms with Crippen LogP contribution in [-0.4, -0.2) is 49.2 Å². The maximum absolute atomic E-state index is 12.4. The Morgan fingerprint density at radius 3 is 2.59 bits per heavy atom. The lowest BCUT2D eigenvalue weighted by Crippen LogP contribution is -2.44. The normalized spacial score (nSPS) is 25.3. The first-order valence-corrected chi connectivity index (χ1v) is 9.56. The maximum Gasteiger partial charge on any atom is 0.224 e. The summed E-state index contributed by atoms with van der Waals surface area (Å²) in [6.07, 6.45) is 3.28. The van der Waals surface area contributed by atoms with Crippen LogP contribution in [-0.2, 0) is 16.1 Å². The highest BCUT2D eigenvalue weighted by atomic mass is 35.5. The molecular formula is C20H33Cl2N3O2. The van der Waals surface area contributed by atoms with Crippen molar-refractivity contribution < 1.29 is 9.53 Å². The van der Waals surface area contributed by atoms with Gasteiger partial charge in [0.2, 0.25) is 5.91 Å². The number of rotatable bonds is 6. The number of benzene rings is 1. The molecule has 5 nitrogen and oxygen atoms in total. The number of amides is 1. The Labute approximate surface area is 175 Å². The molecule has 2 saturated heterocycles. The number of morpholine rings is 1. The predicted octanol–water partition coefficient (Wildman–Crippen LogP) is 3.47. The van der Waals surface area contributed by atoms with Crippen LogP contribution in [0.5, 0.6) is 0 Å². The predicted molar refractivity (Wildman–Crippen MR) is 115 cm³/mol. The number of nitrogens with zero attached hydrogens (tertiary/aromatic N) is 1. The smallest absolute Gasteiger partial charge is 0.224 e. The lowest BCUT2D eigenvalue weighted by molar-refractivity contribution is -0.116. The van der Waals surface area contributed by atoms with Gasteiger partial charge in [0.05, 0.1) is 12.2 Å². The molecule has 3 unspecified atom stereocenters. The highest BCUT2D eigenvalue weighted by Gasteiger charge is 2.23. The Balaban J connectivity index is 0.00000182. The molecule has 7 heteroatoms. The van der Waals surface area contributed by atoms with Crippen LogP contribution in [0.1, 0.15) is 38.7 Å². The number of halogens is 2. The molecule has 0 bridgehead atoms. The van der Waals surface area contributed by atoms with Crippen LogP contribution in [0.2, 0.25) is 0 Å². The summed E-state index contributed by atoms with van der Waals surface area (Å²) in [5, 5.41) is 6.49. The van der Waals surface area contributed by atoms with E-state index >= 15 is 0 Å². The van der Waals surface area contributed by atoms with E-state index in [1.165, 1.54) is 12.0 Å². The van der Waals surface area contributed by atoms with Gasteiger partial charge >= 0.3 is 0 Å². The van der Waals surface area contributed by atoms with E-state index in [9.17, 15) is 4.79 Å². The first-order chi connectivity index (χ1) is 12.1. The molecule has 0 radical (unpaired) electrons. The van der Waals surface area contributed by atoms with Gasteiger partial charge in [-0.1, -0.05) is 18.2 Å². The molecule has 1 aromatic rings.